The lowest BCUT2D eigenvalue weighted by molar-refractivity contribution is -0.138. The minimum atomic E-state index is -0.377. The van der Waals surface area contributed by atoms with Gasteiger partial charge in [0.25, 0.3) is 0 Å². The molecule has 1 rings (SSSR count). The minimum Gasteiger partial charge on any atom is -0.383 e. The Morgan fingerprint density at radius 3 is 2.75 bits per heavy atom. The number of hydrogen-bond acceptors (Lipinski definition) is 3. The van der Waals surface area contributed by atoms with Crippen molar-refractivity contribution >= 4 is 5.91 Å². The molecule has 0 spiro atoms. The first kappa shape index (κ1) is 13.5. The molecule has 0 aromatic rings. The van der Waals surface area contributed by atoms with Gasteiger partial charge >= 0.3 is 0 Å². The molecule has 2 unspecified atom stereocenters. The predicted molar refractivity (Wildman–Crippen MR) is 64.0 cm³/mol. The summed E-state index contributed by atoms with van der Waals surface area (Å²) in [5.74, 6) is 0.273. The van der Waals surface area contributed by atoms with Crippen LogP contribution in [0.3, 0.4) is 0 Å². The number of nitrogens with zero attached hydrogens (tertiary/aromatic N) is 1. The summed E-state index contributed by atoms with van der Waals surface area (Å²) < 4.78 is 5.17. The van der Waals surface area contributed by atoms with Crippen LogP contribution in [0.5, 0.6) is 0 Å². The summed E-state index contributed by atoms with van der Waals surface area (Å²) in [7, 11) is 1.68. The maximum atomic E-state index is 12.2. The van der Waals surface area contributed by atoms with Gasteiger partial charge < -0.3 is 15.4 Å². The van der Waals surface area contributed by atoms with Crippen molar-refractivity contribution in [3.8, 4) is 0 Å². The molecule has 0 aromatic heterocycles. The van der Waals surface area contributed by atoms with Crippen LogP contribution in [-0.4, -0.2) is 43.2 Å². The van der Waals surface area contributed by atoms with Crippen molar-refractivity contribution in [2.45, 2.75) is 45.2 Å². The molecular formula is C12H24N2O2. The third-order valence-corrected chi connectivity index (χ3v) is 3.27. The molecule has 2 atom stereocenters. The number of ether oxygens (including phenoxy) is 1. The fourth-order valence-corrected chi connectivity index (χ4v) is 2.13. The third-order valence-electron chi connectivity index (χ3n) is 3.27. The number of likely N-dealkylation sites (tertiary alicyclic amines) is 1. The first-order chi connectivity index (χ1) is 7.57. The van der Waals surface area contributed by atoms with E-state index < -0.39 is 0 Å². The van der Waals surface area contributed by atoms with Gasteiger partial charge in [0.1, 0.15) is 0 Å². The number of amides is 1. The Hall–Kier alpha value is -0.610. The molecular weight excluding hydrogens is 204 g/mol. The Labute approximate surface area is 98.1 Å². The molecule has 0 radical (unpaired) electrons. The fraction of sp³-hybridized carbons (Fsp3) is 0.917. The lowest BCUT2D eigenvalue weighted by atomic mass is 9.98. The van der Waals surface area contributed by atoms with E-state index >= 15 is 0 Å². The summed E-state index contributed by atoms with van der Waals surface area (Å²) in [5.41, 5.74) is 5.92. The number of nitrogens with two attached hydrogens (primary N) is 1. The molecule has 94 valence electrons. The van der Waals surface area contributed by atoms with E-state index in [0.717, 1.165) is 19.4 Å². The SMILES string of the molecule is COCC1CCCCN1C(=O)C(N)C(C)C. The average molecular weight is 228 g/mol. The van der Waals surface area contributed by atoms with Crippen molar-refractivity contribution in [2.75, 3.05) is 20.3 Å². The van der Waals surface area contributed by atoms with E-state index in [2.05, 4.69) is 0 Å². The molecule has 1 saturated heterocycles. The maximum absolute atomic E-state index is 12.2. The largest absolute Gasteiger partial charge is 0.383 e. The van der Waals surface area contributed by atoms with E-state index in [9.17, 15) is 4.79 Å². The van der Waals surface area contributed by atoms with Crippen molar-refractivity contribution in [1.82, 2.24) is 4.90 Å². The molecule has 0 aliphatic carbocycles. The molecule has 16 heavy (non-hydrogen) atoms. The van der Waals surface area contributed by atoms with Crippen molar-refractivity contribution < 1.29 is 9.53 Å². The van der Waals surface area contributed by atoms with Crippen molar-refractivity contribution in [2.24, 2.45) is 11.7 Å². The zero-order valence-electron chi connectivity index (χ0n) is 10.6. The smallest absolute Gasteiger partial charge is 0.240 e. The molecule has 0 bridgehead atoms. The van der Waals surface area contributed by atoms with Gasteiger partial charge in [0.15, 0.2) is 0 Å². The second kappa shape index (κ2) is 6.21. The van der Waals surface area contributed by atoms with Gasteiger partial charge in [0, 0.05) is 13.7 Å². The number of hydrogen-bond donors (Lipinski definition) is 1. The first-order valence-corrected chi connectivity index (χ1v) is 6.13. The molecule has 0 aromatic carbocycles. The number of carbonyl (C=O) groups excluding carboxylic acids is 1. The Bertz CT molecular complexity index is 229. The summed E-state index contributed by atoms with van der Waals surface area (Å²) in [4.78, 5) is 14.1. The lowest BCUT2D eigenvalue weighted by Crippen LogP contribution is -2.53. The van der Waals surface area contributed by atoms with Gasteiger partial charge in [-0.05, 0) is 25.2 Å². The standard InChI is InChI=1S/C12H24N2O2/c1-9(2)11(13)12(15)14-7-5-4-6-10(14)8-16-3/h9-11H,4-8,13H2,1-3H3. The van der Waals surface area contributed by atoms with E-state index in [1.54, 1.807) is 7.11 Å². The van der Waals surface area contributed by atoms with E-state index in [-0.39, 0.29) is 23.9 Å². The van der Waals surface area contributed by atoms with Crippen LogP contribution in [0.4, 0.5) is 0 Å². The Balaban J connectivity index is 2.63. The number of carbonyl (C=O) groups is 1. The molecule has 1 heterocycles. The van der Waals surface area contributed by atoms with Crippen LogP contribution in [-0.2, 0) is 9.53 Å². The quantitative estimate of drug-likeness (QED) is 0.781. The zero-order chi connectivity index (χ0) is 12.1. The Morgan fingerprint density at radius 2 is 2.19 bits per heavy atom. The highest BCUT2D eigenvalue weighted by Crippen LogP contribution is 2.19. The highest BCUT2D eigenvalue weighted by Gasteiger charge is 2.30. The predicted octanol–water partition coefficient (Wildman–Crippen LogP) is 0.997. The normalized spacial score (nSPS) is 23.6. The van der Waals surface area contributed by atoms with E-state index in [4.69, 9.17) is 10.5 Å². The van der Waals surface area contributed by atoms with Gasteiger partial charge in [-0.25, -0.2) is 0 Å². The molecule has 1 amide bonds. The van der Waals surface area contributed by atoms with Gasteiger partial charge in [-0.3, -0.25) is 4.79 Å². The second-order valence-electron chi connectivity index (χ2n) is 4.91. The van der Waals surface area contributed by atoms with Crippen molar-refractivity contribution in [3.05, 3.63) is 0 Å². The number of piperidine rings is 1. The van der Waals surface area contributed by atoms with Crippen LogP contribution in [0.25, 0.3) is 0 Å². The van der Waals surface area contributed by atoms with E-state index in [1.165, 1.54) is 6.42 Å². The van der Waals surface area contributed by atoms with Crippen LogP contribution in [0, 0.1) is 5.92 Å². The summed E-state index contributed by atoms with van der Waals surface area (Å²) in [5, 5.41) is 0. The number of methoxy groups -OCH3 is 1. The zero-order valence-corrected chi connectivity index (χ0v) is 10.6. The van der Waals surface area contributed by atoms with E-state index in [0.29, 0.717) is 6.61 Å². The van der Waals surface area contributed by atoms with Gasteiger partial charge in [-0.2, -0.15) is 0 Å². The molecule has 4 heteroatoms. The van der Waals surface area contributed by atoms with Crippen LogP contribution < -0.4 is 5.73 Å². The Morgan fingerprint density at radius 1 is 1.50 bits per heavy atom. The van der Waals surface area contributed by atoms with Gasteiger partial charge in [0.05, 0.1) is 18.7 Å². The molecule has 1 aliphatic rings. The average Bonchev–Trinajstić information content (AvgIpc) is 2.28. The van der Waals surface area contributed by atoms with Gasteiger partial charge in [-0.1, -0.05) is 13.8 Å². The molecule has 1 aliphatic heterocycles. The van der Waals surface area contributed by atoms with Crippen LogP contribution in [0.15, 0.2) is 0 Å². The highest BCUT2D eigenvalue weighted by molar-refractivity contribution is 5.82. The first-order valence-electron chi connectivity index (χ1n) is 6.13. The molecule has 1 fully saturated rings. The van der Waals surface area contributed by atoms with Crippen LogP contribution in [0.1, 0.15) is 33.1 Å². The summed E-state index contributed by atoms with van der Waals surface area (Å²) in [6.07, 6.45) is 3.29. The van der Waals surface area contributed by atoms with Gasteiger partial charge in [-0.15, -0.1) is 0 Å². The minimum absolute atomic E-state index is 0.0803. The summed E-state index contributed by atoms with van der Waals surface area (Å²) in [6, 6.07) is -0.159. The molecule has 2 N–H and O–H groups in total. The highest BCUT2D eigenvalue weighted by atomic mass is 16.5. The fourth-order valence-electron chi connectivity index (χ4n) is 2.13. The van der Waals surface area contributed by atoms with Crippen LogP contribution in [0.2, 0.25) is 0 Å². The lowest BCUT2D eigenvalue weighted by Gasteiger charge is -2.37. The van der Waals surface area contributed by atoms with E-state index in [1.807, 2.05) is 18.7 Å². The third kappa shape index (κ3) is 3.19. The van der Waals surface area contributed by atoms with Crippen molar-refractivity contribution in [1.29, 1.82) is 0 Å². The molecule has 4 nitrogen and oxygen atoms in total. The second-order valence-corrected chi connectivity index (χ2v) is 4.91. The van der Waals surface area contributed by atoms with Crippen LogP contribution >= 0.6 is 0 Å². The summed E-state index contributed by atoms with van der Waals surface area (Å²) >= 11 is 0. The van der Waals surface area contributed by atoms with Gasteiger partial charge in [0.2, 0.25) is 5.91 Å². The monoisotopic (exact) mass is 228 g/mol. The summed E-state index contributed by atoms with van der Waals surface area (Å²) in [6.45, 7) is 5.42. The van der Waals surface area contributed by atoms with Crippen molar-refractivity contribution in [3.63, 3.8) is 0 Å². The molecule has 0 saturated carbocycles. The number of rotatable bonds is 4. The topological polar surface area (TPSA) is 55.6 Å². The Kier molecular flexibility index (Phi) is 5.22. The maximum Gasteiger partial charge on any atom is 0.240 e.